The van der Waals surface area contributed by atoms with Crippen LogP contribution < -0.4 is 5.32 Å². The van der Waals surface area contributed by atoms with Crippen LogP contribution in [0, 0.1) is 5.41 Å². The SMILES string of the molecule is COC(=O)C1(CC(=O)OC(C)(C)C)CCNC1. The molecule has 0 aromatic carbocycles. The quantitative estimate of drug-likeness (QED) is 0.745. The number of carbonyl (C=O) groups is 2. The molecule has 0 aliphatic carbocycles. The molecule has 0 radical (unpaired) electrons. The van der Waals surface area contributed by atoms with Crippen molar-refractivity contribution < 1.29 is 19.1 Å². The third-order valence-electron chi connectivity index (χ3n) is 2.76. The normalized spacial score (nSPS) is 24.5. The van der Waals surface area contributed by atoms with Gasteiger partial charge in [0.2, 0.25) is 0 Å². The molecule has 1 fully saturated rings. The highest BCUT2D eigenvalue weighted by atomic mass is 16.6. The molecule has 17 heavy (non-hydrogen) atoms. The molecule has 0 aromatic rings. The maximum Gasteiger partial charge on any atom is 0.313 e. The number of carbonyl (C=O) groups excluding carboxylic acids is 2. The van der Waals surface area contributed by atoms with Crippen LogP contribution in [-0.4, -0.2) is 37.7 Å². The minimum atomic E-state index is -0.753. The van der Waals surface area contributed by atoms with Crippen LogP contribution in [0.2, 0.25) is 0 Å². The molecule has 1 heterocycles. The lowest BCUT2D eigenvalue weighted by Crippen LogP contribution is -2.38. The highest BCUT2D eigenvalue weighted by Crippen LogP contribution is 2.32. The summed E-state index contributed by atoms with van der Waals surface area (Å²) >= 11 is 0. The Morgan fingerprint density at radius 3 is 2.41 bits per heavy atom. The number of hydrogen-bond acceptors (Lipinski definition) is 5. The Morgan fingerprint density at radius 1 is 1.35 bits per heavy atom. The fourth-order valence-corrected chi connectivity index (χ4v) is 2.01. The van der Waals surface area contributed by atoms with E-state index in [4.69, 9.17) is 9.47 Å². The molecule has 0 amide bonds. The Labute approximate surface area is 102 Å². The van der Waals surface area contributed by atoms with Gasteiger partial charge in [0.05, 0.1) is 18.9 Å². The average Bonchev–Trinajstić information content (AvgIpc) is 2.63. The molecular weight excluding hydrogens is 222 g/mol. The van der Waals surface area contributed by atoms with Crippen molar-refractivity contribution in [1.82, 2.24) is 5.32 Å². The first-order valence-electron chi connectivity index (χ1n) is 5.80. The molecule has 1 aliphatic heterocycles. The number of methoxy groups -OCH3 is 1. The van der Waals surface area contributed by atoms with Crippen molar-refractivity contribution in [2.24, 2.45) is 5.41 Å². The van der Waals surface area contributed by atoms with Crippen LogP contribution in [0.5, 0.6) is 0 Å². The molecule has 0 saturated carbocycles. The van der Waals surface area contributed by atoms with E-state index in [-0.39, 0.29) is 18.4 Å². The standard InChI is InChI=1S/C12H21NO4/c1-11(2,3)17-9(14)7-12(10(15)16-4)5-6-13-8-12/h13H,5-8H2,1-4H3. The van der Waals surface area contributed by atoms with Crippen LogP contribution >= 0.6 is 0 Å². The lowest BCUT2D eigenvalue weighted by molar-refractivity contribution is -0.165. The summed E-state index contributed by atoms with van der Waals surface area (Å²) in [6.45, 7) is 6.62. The molecule has 5 nitrogen and oxygen atoms in total. The van der Waals surface area contributed by atoms with Gasteiger partial charge < -0.3 is 14.8 Å². The Hall–Kier alpha value is -1.10. The highest BCUT2D eigenvalue weighted by Gasteiger charge is 2.45. The largest absolute Gasteiger partial charge is 0.469 e. The first-order valence-corrected chi connectivity index (χ1v) is 5.80. The monoisotopic (exact) mass is 243 g/mol. The van der Waals surface area contributed by atoms with Gasteiger partial charge >= 0.3 is 11.9 Å². The predicted molar refractivity (Wildman–Crippen MR) is 62.4 cm³/mol. The summed E-state index contributed by atoms with van der Waals surface area (Å²) in [6.07, 6.45) is 0.683. The van der Waals surface area contributed by atoms with E-state index in [1.165, 1.54) is 7.11 Å². The molecule has 5 heteroatoms. The smallest absolute Gasteiger partial charge is 0.313 e. The minimum absolute atomic E-state index is 0.0734. The average molecular weight is 243 g/mol. The molecule has 1 unspecified atom stereocenters. The van der Waals surface area contributed by atoms with Gasteiger partial charge in [-0.2, -0.15) is 0 Å². The zero-order valence-corrected chi connectivity index (χ0v) is 11.0. The van der Waals surface area contributed by atoms with Crippen LogP contribution in [0.25, 0.3) is 0 Å². The van der Waals surface area contributed by atoms with Gasteiger partial charge in [0.15, 0.2) is 0 Å². The van der Waals surface area contributed by atoms with Gasteiger partial charge in [-0.3, -0.25) is 9.59 Å². The van der Waals surface area contributed by atoms with Gasteiger partial charge in [-0.1, -0.05) is 0 Å². The van der Waals surface area contributed by atoms with Crippen LogP contribution in [0.1, 0.15) is 33.6 Å². The van der Waals surface area contributed by atoms with E-state index in [0.717, 1.165) is 6.54 Å². The molecule has 1 aliphatic rings. The Balaban J connectivity index is 2.68. The summed E-state index contributed by atoms with van der Waals surface area (Å²) in [5.74, 6) is -0.694. The molecule has 0 aromatic heterocycles. The van der Waals surface area contributed by atoms with E-state index >= 15 is 0 Å². The van der Waals surface area contributed by atoms with Gasteiger partial charge in [-0.15, -0.1) is 0 Å². The van der Waals surface area contributed by atoms with Gasteiger partial charge in [-0.25, -0.2) is 0 Å². The van der Waals surface area contributed by atoms with E-state index in [1.54, 1.807) is 0 Å². The van der Waals surface area contributed by atoms with Crippen LogP contribution in [0.3, 0.4) is 0 Å². The van der Waals surface area contributed by atoms with Gasteiger partial charge in [0.1, 0.15) is 5.60 Å². The zero-order valence-electron chi connectivity index (χ0n) is 11.0. The summed E-state index contributed by atoms with van der Waals surface area (Å²) < 4.78 is 10.0. The number of hydrogen-bond donors (Lipinski definition) is 1. The minimum Gasteiger partial charge on any atom is -0.469 e. The zero-order chi connectivity index (χ0) is 13.1. The number of ether oxygens (including phenoxy) is 2. The second-order valence-corrected chi connectivity index (χ2v) is 5.46. The van der Waals surface area contributed by atoms with E-state index < -0.39 is 11.0 Å². The van der Waals surface area contributed by atoms with Crippen molar-refractivity contribution in [3.05, 3.63) is 0 Å². The Kier molecular flexibility index (Phi) is 4.14. The van der Waals surface area contributed by atoms with Crippen molar-refractivity contribution in [3.63, 3.8) is 0 Å². The highest BCUT2D eigenvalue weighted by molar-refractivity contribution is 5.84. The summed E-state index contributed by atoms with van der Waals surface area (Å²) in [7, 11) is 1.34. The van der Waals surface area contributed by atoms with Crippen molar-refractivity contribution in [1.29, 1.82) is 0 Å². The second kappa shape index (κ2) is 5.04. The molecule has 0 bridgehead atoms. The lowest BCUT2D eigenvalue weighted by Gasteiger charge is -2.26. The molecule has 1 atom stereocenters. The first kappa shape index (κ1) is 14.0. The summed E-state index contributed by atoms with van der Waals surface area (Å²) in [4.78, 5) is 23.5. The second-order valence-electron chi connectivity index (χ2n) is 5.46. The fourth-order valence-electron chi connectivity index (χ4n) is 2.01. The van der Waals surface area contributed by atoms with Crippen LogP contribution in [-0.2, 0) is 19.1 Å². The molecular formula is C12H21NO4. The lowest BCUT2D eigenvalue weighted by atomic mass is 9.83. The van der Waals surface area contributed by atoms with E-state index in [0.29, 0.717) is 13.0 Å². The van der Waals surface area contributed by atoms with E-state index in [1.807, 2.05) is 20.8 Å². The van der Waals surface area contributed by atoms with E-state index in [9.17, 15) is 9.59 Å². The summed E-state index contributed by atoms with van der Waals surface area (Å²) in [6, 6.07) is 0. The van der Waals surface area contributed by atoms with Crippen molar-refractivity contribution in [3.8, 4) is 0 Å². The fraction of sp³-hybridized carbons (Fsp3) is 0.833. The van der Waals surface area contributed by atoms with Crippen LogP contribution in [0.4, 0.5) is 0 Å². The topological polar surface area (TPSA) is 64.6 Å². The predicted octanol–water partition coefficient (Wildman–Crippen LogP) is 0.871. The maximum atomic E-state index is 11.8. The Bertz CT molecular complexity index is 300. The van der Waals surface area contributed by atoms with Gasteiger partial charge in [0, 0.05) is 6.54 Å². The summed E-state index contributed by atoms with van der Waals surface area (Å²) in [5.41, 5.74) is -1.28. The number of rotatable bonds is 3. The van der Waals surface area contributed by atoms with E-state index in [2.05, 4.69) is 5.32 Å². The molecule has 0 spiro atoms. The van der Waals surface area contributed by atoms with Crippen molar-refractivity contribution in [2.75, 3.05) is 20.2 Å². The maximum absolute atomic E-state index is 11.8. The number of nitrogens with one attached hydrogen (secondary N) is 1. The first-order chi connectivity index (χ1) is 7.79. The third-order valence-corrected chi connectivity index (χ3v) is 2.76. The van der Waals surface area contributed by atoms with Gasteiger partial charge in [0.25, 0.3) is 0 Å². The third kappa shape index (κ3) is 3.70. The van der Waals surface area contributed by atoms with Crippen molar-refractivity contribution >= 4 is 11.9 Å². The molecule has 1 N–H and O–H groups in total. The number of esters is 2. The molecule has 1 rings (SSSR count). The molecule has 98 valence electrons. The van der Waals surface area contributed by atoms with Crippen molar-refractivity contribution in [2.45, 2.75) is 39.2 Å². The van der Waals surface area contributed by atoms with Gasteiger partial charge in [-0.05, 0) is 33.7 Å². The van der Waals surface area contributed by atoms with Crippen LogP contribution in [0.15, 0.2) is 0 Å². The summed E-state index contributed by atoms with van der Waals surface area (Å²) in [5, 5.41) is 3.09. The Morgan fingerprint density at radius 2 is 2.00 bits per heavy atom. The molecule has 1 saturated heterocycles.